The summed E-state index contributed by atoms with van der Waals surface area (Å²) in [6, 6.07) is 18.3. The van der Waals surface area contributed by atoms with E-state index in [4.69, 9.17) is 0 Å². The fraction of sp³-hybridized carbons (Fsp3) is 0.440. The van der Waals surface area contributed by atoms with Crippen molar-refractivity contribution in [3.8, 4) is 0 Å². The van der Waals surface area contributed by atoms with Crippen LogP contribution in [0.5, 0.6) is 0 Å². The number of benzene rings is 2. The second-order valence-corrected chi connectivity index (χ2v) is 8.07. The minimum absolute atomic E-state index is 0.0462. The summed E-state index contributed by atoms with van der Waals surface area (Å²) in [6.45, 7) is 4.75. The van der Waals surface area contributed by atoms with Gasteiger partial charge in [-0.1, -0.05) is 48.0 Å². The third-order valence-electron chi connectivity index (χ3n) is 5.58. The summed E-state index contributed by atoms with van der Waals surface area (Å²) in [4.78, 5) is 29.2. The zero-order chi connectivity index (χ0) is 21.2. The first-order valence-corrected chi connectivity index (χ1v) is 11.0. The van der Waals surface area contributed by atoms with Crippen molar-refractivity contribution in [3.63, 3.8) is 0 Å². The molecular weight excluding hydrogens is 374 g/mol. The second kappa shape index (κ2) is 11.4. The molecule has 0 aromatic heterocycles. The Morgan fingerprint density at radius 2 is 1.63 bits per heavy atom. The summed E-state index contributed by atoms with van der Waals surface area (Å²) in [5.41, 5.74) is 3.34. The molecule has 5 heteroatoms. The molecule has 0 bridgehead atoms. The molecular formula is C25H33N3O2. The number of carbonyl (C=O) groups excluding carboxylic acids is 2. The molecule has 0 radical (unpaired) electrons. The van der Waals surface area contributed by atoms with Gasteiger partial charge in [0.25, 0.3) is 0 Å². The van der Waals surface area contributed by atoms with Gasteiger partial charge in [0.15, 0.2) is 0 Å². The predicted molar refractivity (Wildman–Crippen MR) is 122 cm³/mol. The van der Waals surface area contributed by atoms with Gasteiger partial charge in [-0.15, -0.1) is 0 Å². The summed E-state index contributed by atoms with van der Waals surface area (Å²) in [6.07, 6.45) is 5.16. The lowest BCUT2D eigenvalue weighted by molar-refractivity contribution is -0.130. The molecule has 3 rings (SSSR count). The topological polar surface area (TPSA) is 52.7 Å². The van der Waals surface area contributed by atoms with Gasteiger partial charge >= 0.3 is 0 Å². The maximum absolute atomic E-state index is 12.8. The van der Waals surface area contributed by atoms with Gasteiger partial charge in [0, 0.05) is 25.3 Å². The third-order valence-corrected chi connectivity index (χ3v) is 5.58. The molecule has 0 aliphatic carbocycles. The van der Waals surface area contributed by atoms with E-state index >= 15 is 0 Å². The zero-order valence-corrected chi connectivity index (χ0v) is 18.0. The molecule has 0 spiro atoms. The Morgan fingerprint density at radius 3 is 2.33 bits per heavy atom. The van der Waals surface area contributed by atoms with Crippen LogP contribution in [-0.2, 0) is 16.0 Å². The fourth-order valence-electron chi connectivity index (χ4n) is 3.79. The van der Waals surface area contributed by atoms with Gasteiger partial charge in [-0.2, -0.15) is 0 Å². The summed E-state index contributed by atoms with van der Waals surface area (Å²) < 4.78 is 0. The van der Waals surface area contributed by atoms with E-state index in [1.54, 1.807) is 0 Å². The predicted octanol–water partition coefficient (Wildman–Crippen LogP) is 3.56. The fourth-order valence-corrected chi connectivity index (χ4v) is 3.79. The highest BCUT2D eigenvalue weighted by Gasteiger charge is 2.21. The standard InChI is InChI=1S/C25H33N3O2/c1-21-12-14-23(15-13-21)28(20-25(30)27-17-6-3-7-18-27)19-24(29)26-16-8-11-22-9-4-2-5-10-22/h2,4-5,9-10,12-15H,3,6-8,11,16-20H2,1H3,(H,26,29). The van der Waals surface area contributed by atoms with Gasteiger partial charge in [0.05, 0.1) is 13.1 Å². The Balaban J connectivity index is 1.53. The van der Waals surface area contributed by atoms with E-state index in [2.05, 4.69) is 17.4 Å². The number of amides is 2. The first-order valence-electron chi connectivity index (χ1n) is 11.0. The van der Waals surface area contributed by atoms with Crippen LogP contribution in [-0.4, -0.2) is 49.4 Å². The van der Waals surface area contributed by atoms with Crippen LogP contribution in [0.15, 0.2) is 54.6 Å². The smallest absolute Gasteiger partial charge is 0.242 e. The largest absolute Gasteiger partial charge is 0.355 e. The maximum atomic E-state index is 12.8. The molecule has 1 aliphatic rings. The first-order chi connectivity index (χ1) is 14.6. The van der Waals surface area contributed by atoms with Crippen molar-refractivity contribution in [3.05, 3.63) is 65.7 Å². The van der Waals surface area contributed by atoms with Gasteiger partial charge in [0.2, 0.25) is 11.8 Å². The molecule has 1 N–H and O–H groups in total. The number of likely N-dealkylation sites (tertiary alicyclic amines) is 1. The molecule has 2 amide bonds. The van der Waals surface area contributed by atoms with Gasteiger partial charge in [-0.3, -0.25) is 9.59 Å². The SMILES string of the molecule is Cc1ccc(N(CC(=O)NCCCc2ccccc2)CC(=O)N2CCCCC2)cc1. The van der Waals surface area contributed by atoms with Crippen LogP contribution >= 0.6 is 0 Å². The van der Waals surface area contributed by atoms with E-state index in [9.17, 15) is 9.59 Å². The number of aryl methyl sites for hydroxylation is 2. The number of nitrogens with zero attached hydrogens (tertiary/aromatic N) is 2. The van der Waals surface area contributed by atoms with Gasteiger partial charge < -0.3 is 15.1 Å². The van der Waals surface area contributed by atoms with E-state index in [0.717, 1.165) is 50.0 Å². The number of rotatable bonds is 9. The number of hydrogen-bond donors (Lipinski definition) is 1. The summed E-state index contributed by atoms with van der Waals surface area (Å²) >= 11 is 0. The molecule has 5 nitrogen and oxygen atoms in total. The van der Waals surface area contributed by atoms with E-state index in [1.807, 2.05) is 59.2 Å². The van der Waals surface area contributed by atoms with Crippen LogP contribution < -0.4 is 10.2 Å². The van der Waals surface area contributed by atoms with E-state index in [1.165, 1.54) is 12.0 Å². The van der Waals surface area contributed by atoms with Crippen LogP contribution in [0.3, 0.4) is 0 Å². The van der Waals surface area contributed by atoms with Crippen LogP contribution in [0.1, 0.15) is 36.8 Å². The lowest BCUT2D eigenvalue weighted by Crippen LogP contribution is -2.46. The molecule has 1 fully saturated rings. The summed E-state index contributed by atoms with van der Waals surface area (Å²) in [5.74, 6) is 0.0576. The minimum Gasteiger partial charge on any atom is -0.355 e. The summed E-state index contributed by atoms with van der Waals surface area (Å²) in [5, 5.41) is 3.01. The quantitative estimate of drug-likeness (QED) is 0.647. The number of carbonyl (C=O) groups is 2. The van der Waals surface area contributed by atoms with E-state index in [-0.39, 0.29) is 24.9 Å². The van der Waals surface area contributed by atoms with Crippen molar-refractivity contribution in [2.24, 2.45) is 0 Å². The van der Waals surface area contributed by atoms with E-state index < -0.39 is 0 Å². The Kier molecular flexibility index (Phi) is 8.30. The van der Waals surface area contributed by atoms with Gasteiger partial charge in [-0.25, -0.2) is 0 Å². The molecule has 0 atom stereocenters. The van der Waals surface area contributed by atoms with Crippen molar-refractivity contribution >= 4 is 17.5 Å². The van der Waals surface area contributed by atoms with Gasteiger partial charge in [-0.05, 0) is 56.7 Å². The summed E-state index contributed by atoms with van der Waals surface area (Å²) in [7, 11) is 0. The second-order valence-electron chi connectivity index (χ2n) is 8.07. The van der Waals surface area contributed by atoms with Crippen molar-refractivity contribution in [2.45, 2.75) is 39.0 Å². The molecule has 2 aromatic carbocycles. The Hall–Kier alpha value is -2.82. The number of anilines is 1. The zero-order valence-electron chi connectivity index (χ0n) is 18.0. The minimum atomic E-state index is -0.0462. The average Bonchev–Trinajstić information content (AvgIpc) is 2.78. The number of nitrogens with one attached hydrogen (secondary N) is 1. The van der Waals surface area contributed by atoms with E-state index in [0.29, 0.717) is 6.54 Å². The molecule has 0 saturated carbocycles. The van der Waals surface area contributed by atoms with Crippen molar-refractivity contribution in [2.75, 3.05) is 37.6 Å². The van der Waals surface area contributed by atoms with Crippen molar-refractivity contribution in [1.29, 1.82) is 0 Å². The van der Waals surface area contributed by atoms with Crippen LogP contribution in [0.25, 0.3) is 0 Å². The van der Waals surface area contributed by atoms with Crippen LogP contribution in [0.4, 0.5) is 5.69 Å². The molecule has 1 saturated heterocycles. The molecule has 30 heavy (non-hydrogen) atoms. The molecule has 1 aliphatic heterocycles. The number of hydrogen-bond acceptors (Lipinski definition) is 3. The highest BCUT2D eigenvalue weighted by atomic mass is 16.2. The Morgan fingerprint density at radius 1 is 0.933 bits per heavy atom. The molecule has 2 aromatic rings. The van der Waals surface area contributed by atoms with Crippen molar-refractivity contribution < 1.29 is 9.59 Å². The average molecular weight is 408 g/mol. The Labute approximate surface area is 180 Å². The van der Waals surface area contributed by atoms with Crippen LogP contribution in [0, 0.1) is 6.92 Å². The lowest BCUT2D eigenvalue weighted by atomic mass is 10.1. The third kappa shape index (κ3) is 6.90. The molecule has 0 unspecified atom stereocenters. The lowest BCUT2D eigenvalue weighted by Gasteiger charge is -2.30. The Bertz CT molecular complexity index is 799. The molecule has 160 valence electrons. The first kappa shape index (κ1) is 21.9. The highest BCUT2D eigenvalue weighted by Crippen LogP contribution is 2.16. The van der Waals surface area contributed by atoms with Crippen LogP contribution in [0.2, 0.25) is 0 Å². The normalized spacial score (nSPS) is 13.7. The molecule has 1 heterocycles. The monoisotopic (exact) mass is 407 g/mol. The highest BCUT2D eigenvalue weighted by molar-refractivity contribution is 5.86. The van der Waals surface area contributed by atoms with Crippen molar-refractivity contribution in [1.82, 2.24) is 10.2 Å². The maximum Gasteiger partial charge on any atom is 0.242 e. The number of piperidine rings is 1. The van der Waals surface area contributed by atoms with Gasteiger partial charge in [0.1, 0.15) is 0 Å².